The Kier molecular flexibility index (Phi) is 5.55. The van der Waals surface area contributed by atoms with Gasteiger partial charge >= 0.3 is 13.6 Å². The number of carboxylic acids is 1. The highest BCUT2D eigenvalue weighted by molar-refractivity contribution is 7.50. The zero-order valence-electron chi connectivity index (χ0n) is 12.4. The van der Waals surface area contributed by atoms with Crippen LogP contribution < -0.4 is 4.90 Å². The van der Waals surface area contributed by atoms with Crippen molar-refractivity contribution >= 4 is 19.3 Å². The molecule has 122 valence electrons. The van der Waals surface area contributed by atoms with E-state index in [4.69, 9.17) is 14.9 Å². The van der Waals surface area contributed by atoms with E-state index >= 15 is 0 Å². The van der Waals surface area contributed by atoms with Crippen molar-refractivity contribution in [2.24, 2.45) is 0 Å². The molecule has 0 spiro atoms. The van der Waals surface area contributed by atoms with Gasteiger partial charge in [-0.2, -0.15) is 0 Å². The molecule has 0 amide bonds. The molecule has 0 aromatic heterocycles. The standard InChI is InChI=1S/C16H18NO5P/c18-16(19)11-17(10-13-4-2-1-3-5-13)15-8-6-14(7-9-15)12-23(20,21)22/h1-9H,10-12H2,(H,18,19)(H2,20,21,22). The second-order valence-corrected chi connectivity index (χ2v) is 6.87. The third-order valence-corrected chi connectivity index (χ3v) is 4.01. The van der Waals surface area contributed by atoms with Crippen LogP contribution in [0.15, 0.2) is 54.6 Å². The average molecular weight is 335 g/mol. The van der Waals surface area contributed by atoms with Gasteiger partial charge in [-0.3, -0.25) is 9.36 Å². The van der Waals surface area contributed by atoms with Gasteiger partial charge in [0.25, 0.3) is 0 Å². The van der Waals surface area contributed by atoms with E-state index in [2.05, 4.69) is 0 Å². The number of hydrogen-bond donors (Lipinski definition) is 3. The maximum atomic E-state index is 11.1. The minimum Gasteiger partial charge on any atom is -0.480 e. The summed E-state index contributed by atoms with van der Waals surface area (Å²) in [6.45, 7) is 0.276. The Hall–Kier alpha value is -2.14. The molecule has 6 nitrogen and oxygen atoms in total. The molecule has 0 fully saturated rings. The molecule has 0 aliphatic rings. The van der Waals surface area contributed by atoms with E-state index in [0.29, 0.717) is 17.8 Å². The van der Waals surface area contributed by atoms with E-state index in [1.807, 2.05) is 30.3 Å². The van der Waals surface area contributed by atoms with Crippen LogP contribution >= 0.6 is 7.60 Å². The fourth-order valence-electron chi connectivity index (χ4n) is 2.26. The van der Waals surface area contributed by atoms with Crippen molar-refractivity contribution in [1.29, 1.82) is 0 Å². The summed E-state index contributed by atoms with van der Waals surface area (Å²) >= 11 is 0. The molecule has 0 radical (unpaired) electrons. The lowest BCUT2D eigenvalue weighted by Gasteiger charge is -2.23. The molecule has 0 aliphatic heterocycles. The number of rotatable bonds is 7. The summed E-state index contributed by atoms with van der Waals surface area (Å²) in [4.78, 5) is 30.7. The Balaban J connectivity index is 2.18. The summed E-state index contributed by atoms with van der Waals surface area (Å²) in [5, 5.41) is 9.09. The second-order valence-electron chi connectivity index (χ2n) is 5.22. The molecule has 0 saturated carbocycles. The Morgan fingerprint density at radius 3 is 2.09 bits per heavy atom. The van der Waals surface area contributed by atoms with Crippen molar-refractivity contribution in [1.82, 2.24) is 0 Å². The molecule has 2 rings (SSSR count). The first-order valence-electron chi connectivity index (χ1n) is 6.98. The van der Waals surface area contributed by atoms with Crippen LogP contribution in [0.25, 0.3) is 0 Å². The van der Waals surface area contributed by atoms with Gasteiger partial charge in [0, 0.05) is 12.2 Å². The maximum absolute atomic E-state index is 11.1. The molecule has 23 heavy (non-hydrogen) atoms. The molecule has 0 bridgehead atoms. The predicted octanol–water partition coefficient (Wildman–Crippen LogP) is 2.46. The molecule has 3 N–H and O–H groups in total. The van der Waals surface area contributed by atoms with Gasteiger partial charge in [-0.15, -0.1) is 0 Å². The fourth-order valence-corrected chi connectivity index (χ4v) is 2.94. The molecule has 2 aromatic carbocycles. The number of aliphatic carboxylic acids is 1. The van der Waals surface area contributed by atoms with E-state index in [9.17, 15) is 9.36 Å². The predicted molar refractivity (Wildman–Crippen MR) is 87.3 cm³/mol. The van der Waals surface area contributed by atoms with Gasteiger partial charge in [-0.1, -0.05) is 42.5 Å². The zero-order valence-corrected chi connectivity index (χ0v) is 13.3. The van der Waals surface area contributed by atoms with Crippen LogP contribution in [0.5, 0.6) is 0 Å². The van der Waals surface area contributed by atoms with E-state index < -0.39 is 13.6 Å². The van der Waals surface area contributed by atoms with E-state index in [1.165, 1.54) is 0 Å². The van der Waals surface area contributed by atoms with Gasteiger partial charge in [0.2, 0.25) is 0 Å². The third-order valence-electron chi connectivity index (χ3n) is 3.23. The van der Waals surface area contributed by atoms with Crippen LogP contribution in [0.3, 0.4) is 0 Å². The van der Waals surface area contributed by atoms with Crippen LogP contribution in [0.2, 0.25) is 0 Å². The molecule has 2 aromatic rings. The number of hydrogen-bond acceptors (Lipinski definition) is 3. The first-order chi connectivity index (χ1) is 10.8. The van der Waals surface area contributed by atoms with Crippen LogP contribution in [-0.4, -0.2) is 27.4 Å². The highest BCUT2D eigenvalue weighted by Gasteiger charge is 2.15. The monoisotopic (exact) mass is 335 g/mol. The van der Waals surface area contributed by atoms with E-state index in [-0.39, 0.29) is 12.7 Å². The normalized spacial score (nSPS) is 11.2. The summed E-state index contributed by atoms with van der Waals surface area (Å²) < 4.78 is 11.0. The maximum Gasteiger partial charge on any atom is 0.329 e. The van der Waals surface area contributed by atoms with Crippen molar-refractivity contribution in [3.8, 4) is 0 Å². The molecular formula is C16H18NO5P. The summed E-state index contributed by atoms with van der Waals surface area (Å²) in [7, 11) is -4.11. The number of benzene rings is 2. The molecule has 0 atom stereocenters. The molecule has 0 aliphatic carbocycles. The highest BCUT2D eigenvalue weighted by atomic mass is 31.2. The Morgan fingerprint density at radius 1 is 0.957 bits per heavy atom. The van der Waals surface area contributed by atoms with Gasteiger partial charge in [0.1, 0.15) is 6.54 Å². The van der Waals surface area contributed by atoms with Crippen LogP contribution in [-0.2, 0) is 22.1 Å². The van der Waals surface area contributed by atoms with E-state index in [1.54, 1.807) is 29.2 Å². The van der Waals surface area contributed by atoms with Crippen LogP contribution in [0, 0.1) is 0 Å². The second kappa shape index (κ2) is 7.42. The van der Waals surface area contributed by atoms with Gasteiger partial charge in [-0.25, -0.2) is 0 Å². The van der Waals surface area contributed by atoms with Gasteiger partial charge in [0.15, 0.2) is 0 Å². The Bertz CT molecular complexity index is 696. The largest absolute Gasteiger partial charge is 0.480 e. The zero-order chi connectivity index (χ0) is 16.9. The summed E-state index contributed by atoms with van der Waals surface area (Å²) in [5.41, 5.74) is 2.18. The minimum atomic E-state index is -4.11. The highest BCUT2D eigenvalue weighted by Crippen LogP contribution is 2.39. The van der Waals surface area contributed by atoms with Gasteiger partial charge in [0.05, 0.1) is 6.16 Å². The summed E-state index contributed by atoms with van der Waals surface area (Å²) in [6.07, 6.45) is -0.328. The van der Waals surface area contributed by atoms with Gasteiger partial charge in [-0.05, 0) is 23.3 Å². The number of carbonyl (C=O) groups is 1. The average Bonchev–Trinajstić information content (AvgIpc) is 2.46. The summed E-state index contributed by atoms with van der Waals surface area (Å²) in [5.74, 6) is -0.944. The van der Waals surface area contributed by atoms with Crippen molar-refractivity contribution in [3.05, 3.63) is 65.7 Å². The quantitative estimate of drug-likeness (QED) is 0.672. The molecule has 0 saturated heterocycles. The van der Waals surface area contributed by atoms with Crippen molar-refractivity contribution in [2.45, 2.75) is 12.7 Å². The molecular weight excluding hydrogens is 317 g/mol. The molecule has 0 heterocycles. The van der Waals surface area contributed by atoms with E-state index in [0.717, 1.165) is 5.56 Å². The van der Waals surface area contributed by atoms with Crippen molar-refractivity contribution < 1.29 is 24.3 Å². The Labute approximate surface area is 134 Å². The Morgan fingerprint density at radius 2 is 1.57 bits per heavy atom. The summed E-state index contributed by atoms with van der Waals surface area (Å²) in [6, 6.07) is 16.1. The van der Waals surface area contributed by atoms with Crippen LogP contribution in [0.4, 0.5) is 5.69 Å². The lowest BCUT2D eigenvalue weighted by Crippen LogP contribution is -2.29. The van der Waals surface area contributed by atoms with Crippen LogP contribution in [0.1, 0.15) is 11.1 Å². The number of carboxylic acid groups (broad SMARTS) is 1. The molecule has 0 unspecified atom stereocenters. The van der Waals surface area contributed by atoms with Crippen molar-refractivity contribution in [3.63, 3.8) is 0 Å². The SMILES string of the molecule is O=C(O)CN(Cc1ccccc1)c1ccc(CP(=O)(O)O)cc1. The lowest BCUT2D eigenvalue weighted by molar-refractivity contribution is -0.135. The van der Waals surface area contributed by atoms with Gasteiger partial charge < -0.3 is 19.8 Å². The number of anilines is 1. The first-order valence-corrected chi connectivity index (χ1v) is 8.77. The number of nitrogens with zero attached hydrogens (tertiary/aromatic N) is 1. The lowest BCUT2D eigenvalue weighted by atomic mass is 10.1. The fraction of sp³-hybridized carbons (Fsp3) is 0.188. The smallest absolute Gasteiger partial charge is 0.329 e. The topological polar surface area (TPSA) is 98.1 Å². The first kappa shape index (κ1) is 17.2. The third kappa shape index (κ3) is 5.87. The molecule has 7 heteroatoms. The minimum absolute atomic E-state index is 0.160. The van der Waals surface area contributed by atoms with Crippen molar-refractivity contribution in [2.75, 3.05) is 11.4 Å².